The molecule has 0 aliphatic rings. The van der Waals surface area contributed by atoms with Crippen molar-refractivity contribution in [2.45, 2.75) is 0 Å². The highest BCUT2D eigenvalue weighted by Crippen LogP contribution is 2.15. The van der Waals surface area contributed by atoms with Crippen LogP contribution in [0.5, 0.6) is 5.75 Å². The van der Waals surface area contributed by atoms with Gasteiger partial charge in [-0.1, -0.05) is 48.5 Å². The van der Waals surface area contributed by atoms with Crippen LogP contribution in [0.2, 0.25) is 0 Å². The first kappa shape index (κ1) is 13.8. The van der Waals surface area contributed by atoms with Crippen LogP contribution >= 0.6 is 0 Å². The number of nitrogens with one attached hydrogen (secondary N) is 1. The average molecular weight is 291 g/mol. The molecule has 3 rings (SSSR count). The number of nitrogens with zero attached hydrogens (tertiary/aromatic N) is 2. The standard InChI is InChI=1S/C17H13N3O2/c21-17(22-15-9-5-2-6-10-15)20-14-11-18-16(19-12-14)13-7-3-1-4-8-13/h1-12H,(H,20,21). The van der Waals surface area contributed by atoms with E-state index in [0.717, 1.165) is 5.56 Å². The Kier molecular flexibility index (Phi) is 4.06. The van der Waals surface area contributed by atoms with E-state index in [9.17, 15) is 4.79 Å². The number of amides is 1. The van der Waals surface area contributed by atoms with E-state index < -0.39 is 6.09 Å². The summed E-state index contributed by atoms with van der Waals surface area (Å²) in [5, 5.41) is 2.58. The van der Waals surface area contributed by atoms with Crippen molar-refractivity contribution in [1.29, 1.82) is 0 Å². The fraction of sp³-hybridized carbons (Fsp3) is 0. The van der Waals surface area contributed by atoms with Gasteiger partial charge in [0.1, 0.15) is 5.75 Å². The normalized spacial score (nSPS) is 10.0. The van der Waals surface area contributed by atoms with E-state index in [-0.39, 0.29) is 0 Å². The van der Waals surface area contributed by atoms with E-state index in [1.165, 1.54) is 0 Å². The van der Waals surface area contributed by atoms with Gasteiger partial charge in [-0.25, -0.2) is 14.8 Å². The van der Waals surface area contributed by atoms with Crippen LogP contribution in [-0.4, -0.2) is 16.1 Å². The van der Waals surface area contributed by atoms with Crippen molar-refractivity contribution in [1.82, 2.24) is 9.97 Å². The smallest absolute Gasteiger partial charge is 0.410 e. The Hall–Kier alpha value is -3.21. The van der Waals surface area contributed by atoms with Crippen LogP contribution in [0, 0.1) is 0 Å². The number of benzene rings is 2. The van der Waals surface area contributed by atoms with Crippen molar-refractivity contribution in [3.63, 3.8) is 0 Å². The fourth-order valence-electron chi connectivity index (χ4n) is 1.87. The Morgan fingerprint density at radius 1 is 0.864 bits per heavy atom. The Balaban J connectivity index is 1.65. The summed E-state index contributed by atoms with van der Waals surface area (Å²) in [7, 11) is 0. The molecule has 22 heavy (non-hydrogen) atoms. The maximum absolute atomic E-state index is 11.7. The topological polar surface area (TPSA) is 64.1 Å². The molecule has 3 aromatic rings. The summed E-state index contributed by atoms with van der Waals surface area (Å²) in [6.07, 6.45) is 2.51. The van der Waals surface area contributed by atoms with Gasteiger partial charge >= 0.3 is 6.09 Å². The van der Waals surface area contributed by atoms with Gasteiger partial charge in [0.2, 0.25) is 0 Å². The van der Waals surface area contributed by atoms with E-state index >= 15 is 0 Å². The van der Waals surface area contributed by atoms with Gasteiger partial charge in [0.25, 0.3) is 0 Å². The number of carbonyl (C=O) groups excluding carboxylic acids is 1. The molecule has 5 heteroatoms. The maximum Gasteiger partial charge on any atom is 0.417 e. The molecule has 0 spiro atoms. The van der Waals surface area contributed by atoms with E-state index in [4.69, 9.17) is 4.74 Å². The van der Waals surface area contributed by atoms with Gasteiger partial charge < -0.3 is 4.74 Å². The van der Waals surface area contributed by atoms with Gasteiger partial charge in [-0.2, -0.15) is 0 Å². The van der Waals surface area contributed by atoms with Crippen LogP contribution in [0.4, 0.5) is 10.5 Å². The second-order valence-corrected chi connectivity index (χ2v) is 4.49. The number of hydrogen-bond acceptors (Lipinski definition) is 4. The SMILES string of the molecule is O=C(Nc1cnc(-c2ccccc2)nc1)Oc1ccccc1. The Bertz CT molecular complexity index is 744. The molecule has 2 aromatic carbocycles. The maximum atomic E-state index is 11.7. The molecular formula is C17H13N3O2. The highest BCUT2D eigenvalue weighted by molar-refractivity contribution is 5.85. The summed E-state index contributed by atoms with van der Waals surface area (Å²) in [5.74, 6) is 1.07. The average Bonchev–Trinajstić information content (AvgIpc) is 2.57. The van der Waals surface area contributed by atoms with E-state index in [1.807, 2.05) is 36.4 Å². The molecule has 0 aliphatic heterocycles. The second-order valence-electron chi connectivity index (χ2n) is 4.49. The van der Waals surface area contributed by atoms with Crippen molar-refractivity contribution in [2.75, 3.05) is 5.32 Å². The highest BCUT2D eigenvalue weighted by Gasteiger charge is 2.06. The minimum Gasteiger partial charge on any atom is -0.410 e. The first-order chi connectivity index (χ1) is 10.8. The van der Waals surface area contributed by atoms with Crippen LogP contribution < -0.4 is 10.1 Å². The van der Waals surface area contributed by atoms with Crippen LogP contribution in [-0.2, 0) is 0 Å². The predicted molar refractivity (Wildman–Crippen MR) is 83.6 cm³/mol. The van der Waals surface area contributed by atoms with Gasteiger partial charge in [-0.15, -0.1) is 0 Å². The quantitative estimate of drug-likeness (QED) is 0.798. The third-order valence-corrected chi connectivity index (χ3v) is 2.88. The van der Waals surface area contributed by atoms with Crippen molar-refractivity contribution < 1.29 is 9.53 Å². The highest BCUT2D eigenvalue weighted by atomic mass is 16.6. The molecule has 0 saturated carbocycles. The molecule has 1 amide bonds. The lowest BCUT2D eigenvalue weighted by molar-refractivity contribution is 0.215. The molecule has 1 heterocycles. The monoisotopic (exact) mass is 291 g/mol. The zero-order valence-electron chi connectivity index (χ0n) is 11.6. The van der Waals surface area contributed by atoms with Crippen molar-refractivity contribution in [2.24, 2.45) is 0 Å². The Labute approximate surface area is 127 Å². The zero-order chi connectivity index (χ0) is 15.2. The molecule has 108 valence electrons. The van der Waals surface area contributed by atoms with Gasteiger partial charge in [0.15, 0.2) is 5.82 Å². The summed E-state index contributed by atoms with van der Waals surface area (Å²) >= 11 is 0. The number of para-hydroxylation sites is 1. The van der Waals surface area contributed by atoms with E-state index in [0.29, 0.717) is 17.3 Å². The Morgan fingerprint density at radius 2 is 1.45 bits per heavy atom. The summed E-state index contributed by atoms with van der Waals surface area (Å²) in [6.45, 7) is 0. The number of ether oxygens (including phenoxy) is 1. The second kappa shape index (κ2) is 6.49. The number of carbonyl (C=O) groups is 1. The van der Waals surface area contributed by atoms with Crippen LogP contribution in [0.25, 0.3) is 11.4 Å². The first-order valence-electron chi connectivity index (χ1n) is 6.72. The van der Waals surface area contributed by atoms with Gasteiger partial charge in [-0.05, 0) is 12.1 Å². The fourth-order valence-corrected chi connectivity index (χ4v) is 1.87. The number of anilines is 1. The van der Waals surface area contributed by atoms with Crippen LogP contribution in [0.15, 0.2) is 73.1 Å². The van der Waals surface area contributed by atoms with E-state index in [1.54, 1.807) is 36.7 Å². The number of rotatable bonds is 3. The molecule has 1 aromatic heterocycles. The van der Waals surface area contributed by atoms with Gasteiger partial charge in [-0.3, -0.25) is 5.32 Å². The van der Waals surface area contributed by atoms with Crippen LogP contribution in [0.1, 0.15) is 0 Å². The third kappa shape index (κ3) is 3.46. The Morgan fingerprint density at radius 3 is 2.09 bits per heavy atom. The van der Waals surface area contributed by atoms with Gasteiger partial charge in [0.05, 0.1) is 18.1 Å². The molecule has 0 radical (unpaired) electrons. The third-order valence-electron chi connectivity index (χ3n) is 2.88. The molecule has 0 aliphatic carbocycles. The lowest BCUT2D eigenvalue weighted by atomic mass is 10.2. The minimum atomic E-state index is -0.581. The number of aromatic nitrogens is 2. The molecule has 0 unspecified atom stereocenters. The summed E-state index contributed by atoms with van der Waals surface area (Å²) < 4.78 is 5.13. The lowest BCUT2D eigenvalue weighted by Gasteiger charge is -2.06. The lowest BCUT2D eigenvalue weighted by Crippen LogP contribution is -2.17. The summed E-state index contributed by atoms with van der Waals surface area (Å²) in [5.41, 5.74) is 1.39. The molecule has 0 fully saturated rings. The molecule has 0 bridgehead atoms. The predicted octanol–water partition coefficient (Wildman–Crippen LogP) is 3.75. The minimum absolute atomic E-state index is 0.473. The van der Waals surface area contributed by atoms with Crippen molar-refractivity contribution in [3.05, 3.63) is 73.1 Å². The van der Waals surface area contributed by atoms with Crippen molar-refractivity contribution >= 4 is 11.8 Å². The van der Waals surface area contributed by atoms with E-state index in [2.05, 4.69) is 15.3 Å². The molecule has 1 N–H and O–H groups in total. The van der Waals surface area contributed by atoms with Crippen LogP contribution in [0.3, 0.4) is 0 Å². The molecular weight excluding hydrogens is 278 g/mol. The molecule has 0 saturated heterocycles. The zero-order valence-corrected chi connectivity index (χ0v) is 11.6. The van der Waals surface area contributed by atoms with Gasteiger partial charge in [0, 0.05) is 5.56 Å². The molecule has 5 nitrogen and oxygen atoms in total. The first-order valence-corrected chi connectivity index (χ1v) is 6.72. The number of hydrogen-bond donors (Lipinski definition) is 1. The largest absolute Gasteiger partial charge is 0.417 e. The summed E-state index contributed by atoms with van der Waals surface area (Å²) in [6, 6.07) is 18.5. The van der Waals surface area contributed by atoms with Crippen molar-refractivity contribution in [3.8, 4) is 17.1 Å². The summed E-state index contributed by atoms with van der Waals surface area (Å²) in [4.78, 5) is 20.2. The molecule has 0 atom stereocenters.